The van der Waals surface area contributed by atoms with Gasteiger partial charge in [-0.1, -0.05) is 0 Å². The number of hydrogen-bond donors (Lipinski definition) is 2. The third-order valence-corrected chi connectivity index (χ3v) is 3.98. The van der Waals surface area contributed by atoms with Gasteiger partial charge in [-0.05, 0) is 67.8 Å². The largest absolute Gasteiger partial charge is 0.352 e. The van der Waals surface area contributed by atoms with Crippen molar-refractivity contribution in [2.24, 2.45) is 0 Å². The number of nitrogens with zero attached hydrogens (tertiary/aromatic N) is 2. The summed E-state index contributed by atoms with van der Waals surface area (Å²) in [5.74, 6) is -0.317. The quantitative estimate of drug-likeness (QED) is 0.706. The second-order valence-electron chi connectivity index (χ2n) is 5.95. The van der Waals surface area contributed by atoms with Crippen LogP contribution in [0, 0.1) is 22.7 Å². The zero-order valence-electron chi connectivity index (χ0n) is 14.9. The maximum Gasteiger partial charge on any atom is 0.251 e. The molecule has 2 amide bonds. The number of carbonyl (C=O) groups excluding carboxylic acids is 2. The number of nitriles is 2. The molecule has 136 valence electrons. The maximum atomic E-state index is 12.0. The molecule has 6 nitrogen and oxygen atoms in total. The van der Waals surface area contributed by atoms with Crippen molar-refractivity contribution in [1.29, 1.82) is 10.5 Å². The summed E-state index contributed by atoms with van der Waals surface area (Å²) < 4.78 is 0. The fraction of sp³-hybridized carbons (Fsp3) is 0.238. The van der Waals surface area contributed by atoms with Crippen molar-refractivity contribution >= 4 is 11.8 Å². The molecule has 0 saturated carbocycles. The highest BCUT2D eigenvalue weighted by Crippen LogP contribution is 2.04. The van der Waals surface area contributed by atoms with Gasteiger partial charge in [0.1, 0.15) is 0 Å². The third-order valence-electron chi connectivity index (χ3n) is 3.98. The molecule has 0 atom stereocenters. The van der Waals surface area contributed by atoms with Crippen LogP contribution in [0.4, 0.5) is 0 Å². The number of benzene rings is 2. The van der Waals surface area contributed by atoms with E-state index in [9.17, 15) is 9.59 Å². The van der Waals surface area contributed by atoms with Crippen LogP contribution in [-0.2, 0) is 0 Å². The Morgan fingerprint density at radius 2 is 1.04 bits per heavy atom. The van der Waals surface area contributed by atoms with E-state index in [1.165, 1.54) is 0 Å². The zero-order valence-corrected chi connectivity index (χ0v) is 14.9. The Bertz CT molecular complexity index is 786. The predicted octanol–water partition coefficient (Wildman–Crippen LogP) is 2.76. The van der Waals surface area contributed by atoms with E-state index in [1.54, 1.807) is 48.5 Å². The summed E-state index contributed by atoms with van der Waals surface area (Å²) >= 11 is 0. The highest BCUT2D eigenvalue weighted by atomic mass is 16.2. The van der Waals surface area contributed by atoms with Crippen molar-refractivity contribution in [3.8, 4) is 12.1 Å². The minimum absolute atomic E-state index is 0.159. The molecule has 0 saturated heterocycles. The molecule has 2 N–H and O–H groups in total. The number of hydrogen-bond acceptors (Lipinski definition) is 4. The summed E-state index contributed by atoms with van der Waals surface area (Å²) in [5, 5.41) is 23.2. The number of rotatable bonds is 8. The summed E-state index contributed by atoms with van der Waals surface area (Å²) in [5.41, 5.74) is 2.11. The molecular weight excluding hydrogens is 340 g/mol. The average molecular weight is 360 g/mol. The Kier molecular flexibility index (Phi) is 7.56. The van der Waals surface area contributed by atoms with E-state index in [-0.39, 0.29) is 11.8 Å². The van der Waals surface area contributed by atoms with Crippen molar-refractivity contribution in [1.82, 2.24) is 10.6 Å². The lowest BCUT2D eigenvalue weighted by Gasteiger charge is -2.07. The first-order valence-corrected chi connectivity index (χ1v) is 8.71. The molecule has 2 aromatic rings. The minimum atomic E-state index is -0.159. The second-order valence-corrected chi connectivity index (χ2v) is 5.95. The van der Waals surface area contributed by atoms with Gasteiger partial charge in [-0.25, -0.2) is 0 Å². The monoisotopic (exact) mass is 360 g/mol. The lowest BCUT2D eigenvalue weighted by Crippen LogP contribution is -2.26. The Labute approximate surface area is 158 Å². The summed E-state index contributed by atoms with van der Waals surface area (Å²) in [4.78, 5) is 23.9. The molecule has 0 radical (unpaired) electrons. The normalized spacial score (nSPS) is 9.70. The first kappa shape index (κ1) is 19.7. The van der Waals surface area contributed by atoms with E-state index < -0.39 is 0 Å². The van der Waals surface area contributed by atoms with Gasteiger partial charge < -0.3 is 10.6 Å². The van der Waals surface area contributed by atoms with Crippen LogP contribution in [0.3, 0.4) is 0 Å². The van der Waals surface area contributed by atoms with Gasteiger partial charge in [-0.15, -0.1) is 0 Å². The second kappa shape index (κ2) is 10.4. The highest BCUT2D eigenvalue weighted by molar-refractivity contribution is 5.94. The number of amides is 2. The molecule has 0 aliphatic rings. The van der Waals surface area contributed by atoms with Crippen molar-refractivity contribution in [2.75, 3.05) is 13.1 Å². The van der Waals surface area contributed by atoms with Gasteiger partial charge in [-0.2, -0.15) is 10.5 Å². The van der Waals surface area contributed by atoms with E-state index in [0.717, 1.165) is 19.3 Å². The van der Waals surface area contributed by atoms with Gasteiger partial charge >= 0.3 is 0 Å². The topological polar surface area (TPSA) is 106 Å². The van der Waals surface area contributed by atoms with Gasteiger partial charge in [0.05, 0.1) is 23.3 Å². The molecule has 0 aliphatic heterocycles. The predicted molar refractivity (Wildman–Crippen MR) is 101 cm³/mol. The van der Waals surface area contributed by atoms with E-state index in [4.69, 9.17) is 10.5 Å². The lowest BCUT2D eigenvalue weighted by atomic mass is 10.1. The number of unbranched alkanes of at least 4 members (excludes halogenated alkanes) is 2. The van der Waals surface area contributed by atoms with Crippen molar-refractivity contribution in [3.05, 3.63) is 70.8 Å². The fourth-order valence-corrected chi connectivity index (χ4v) is 2.43. The maximum absolute atomic E-state index is 12.0. The summed E-state index contributed by atoms with van der Waals surface area (Å²) in [6.45, 7) is 1.12. The molecule has 0 bridgehead atoms. The Morgan fingerprint density at radius 3 is 1.37 bits per heavy atom. The van der Waals surface area contributed by atoms with Gasteiger partial charge in [0.15, 0.2) is 0 Å². The highest BCUT2D eigenvalue weighted by Gasteiger charge is 2.06. The van der Waals surface area contributed by atoms with E-state index in [1.807, 2.05) is 12.1 Å². The molecule has 0 fully saturated rings. The van der Waals surface area contributed by atoms with Crippen LogP contribution in [0.5, 0.6) is 0 Å². The fourth-order valence-electron chi connectivity index (χ4n) is 2.43. The number of nitrogens with one attached hydrogen (secondary N) is 2. The van der Waals surface area contributed by atoms with Crippen LogP contribution in [0.15, 0.2) is 48.5 Å². The third kappa shape index (κ3) is 6.30. The first-order valence-electron chi connectivity index (χ1n) is 8.71. The SMILES string of the molecule is N#Cc1ccc(C(=O)NCCCCCNC(=O)c2ccc(C#N)cc2)cc1. The zero-order chi connectivity index (χ0) is 19.5. The minimum Gasteiger partial charge on any atom is -0.352 e. The van der Waals surface area contributed by atoms with Gasteiger partial charge in [-0.3, -0.25) is 9.59 Å². The number of carbonyl (C=O) groups is 2. The molecule has 0 unspecified atom stereocenters. The molecule has 27 heavy (non-hydrogen) atoms. The summed E-state index contributed by atoms with van der Waals surface area (Å²) in [7, 11) is 0. The molecule has 2 aromatic carbocycles. The van der Waals surface area contributed by atoms with Crippen LogP contribution in [0.1, 0.15) is 51.1 Å². The van der Waals surface area contributed by atoms with Crippen LogP contribution in [0.25, 0.3) is 0 Å². The van der Waals surface area contributed by atoms with Crippen LogP contribution < -0.4 is 10.6 Å². The van der Waals surface area contributed by atoms with Crippen LogP contribution >= 0.6 is 0 Å². The lowest BCUT2D eigenvalue weighted by molar-refractivity contribution is 0.0947. The van der Waals surface area contributed by atoms with Gasteiger partial charge in [0.2, 0.25) is 0 Å². The molecule has 2 rings (SSSR count). The Balaban J connectivity index is 1.58. The Morgan fingerprint density at radius 1 is 0.667 bits per heavy atom. The Hall–Kier alpha value is -3.64. The summed E-state index contributed by atoms with van der Waals surface area (Å²) in [6, 6.07) is 17.0. The van der Waals surface area contributed by atoms with Crippen molar-refractivity contribution in [3.63, 3.8) is 0 Å². The van der Waals surface area contributed by atoms with E-state index in [2.05, 4.69) is 10.6 Å². The molecule has 0 aliphatic carbocycles. The average Bonchev–Trinajstić information content (AvgIpc) is 2.72. The van der Waals surface area contributed by atoms with Gasteiger partial charge in [0, 0.05) is 24.2 Å². The molecular formula is C21H20N4O2. The van der Waals surface area contributed by atoms with E-state index in [0.29, 0.717) is 35.3 Å². The molecule has 0 aromatic heterocycles. The van der Waals surface area contributed by atoms with Gasteiger partial charge in [0.25, 0.3) is 11.8 Å². The van der Waals surface area contributed by atoms with Crippen LogP contribution in [0.2, 0.25) is 0 Å². The molecule has 0 heterocycles. The molecule has 0 spiro atoms. The van der Waals surface area contributed by atoms with Crippen molar-refractivity contribution in [2.45, 2.75) is 19.3 Å². The molecule has 6 heteroatoms. The van der Waals surface area contributed by atoms with E-state index >= 15 is 0 Å². The first-order chi connectivity index (χ1) is 13.1. The summed E-state index contributed by atoms with van der Waals surface area (Å²) in [6.07, 6.45) is 2.50. The van der Waals surface area contributed by atoms with Crippen molar-refractivity contribution < 1.29 is 9.59 Å². The van der Waals surface area contributed by atoms with Crippen LogP contribution in [-0.4, -0.2) is 24.9 Å². The smallest absolute Gasteiger partial charge is 0.251 e. The standard InChI is InChI=1S/C21H20N4O2/c22-14-16-4-8-18(9-5-16)20(26)24-12-2-1-3-13-25-21(27)19-10-6-17(15-23)7-11-19/h4-11H,1-3,12-13H2,(H,24,26)(H,25,27).